The van der Waals surface area contributed by atoms with Gasteiger partial charge in [-0.3, -0.25) is 0 Å². The molecule has 0 fully saturated rings. The standard InChI is InChI=1S/C9H13N3O4S/c1-16-9(13)8-11-4-3-7(12-8)10-5-6-17(2,14)15/h3-4H,5-6H2,1-2H3,(H,10,11,12). The van der Waals surface area contributed by atoms with Crippen molar-refractivity contribution in [1.82, 2.24) is 9.97 Å². The molecule has 0 amide bonds. The molecule has 0 bridgehead atoms. The minimum atomic E-state index is -3.02. The molecule has 0 spiro atoms. The molecular weight excluding hydrogens is 246 g/mol. The number of methoxy groups -OCH3 is 1. The van der Waals surface area contributed by atoms with E-state index >= 15 is 0 Å². The van der Waals surface area contributed by atoms with Crippen LogP contribution in [0.3, 0.4) is 0 Å². The van der Waals surface area contributed by atoms with E-state index in [0.29, 0.717) is 5.82 Å². The normalized spacial score (nSPS) is 10.9. The van der Waals surface area contributed by atoms with Crippen molar-refractivity contribution in [1.29, 1.82) is 0 Å². The predicted molar refractivity (Wildman–Crippen MR) is 61.6 cm³/mol. The monoisotopic (exact) mass is 259 g/mol. The quantitative estimate of drug-likeness (QED) is 0.726. The SMILES string of the molecule is COC(=O)c1nccc(NCCS(C)(=O)=O)n1. The predicted octanol–water partition coefficient (Wildman–Crippen LogP) is -0.280. The molecule has 0 aromatic carbocycles. The molecule has 1 aromatic rings. The van der Waals surface area contributed by atoms with Gasteiger partial charge in [0, 0.05) is 19.0 Å². The zero-order valence-electron chi connectivity index (χ0n) is 9.50. The van der Waals surface area contributed by atoms with Crippen molar-refractivity contribution in [2.24, 2.45) is 0 Å². The van der Waals surface area contributed by atoms with Crippen LogP contribution in [0.15, 0.2) is 12.3 Å². The number of anilines is 1. The first-order valence-electron chi connectivity index (χ1n) is 4.75. The highest BCUT2D eigenvalue weighted by Crippen LogP contribution is 2.02. The maximum Gasteiger partial charge on any atom is 0.376 e. The second-order valence-electron chi connectivity index (χ2n) is 3.31. The van der Waals surface area contributed by atoms with Crippen LogP contribution in [0.5, 0.6) is 0 Å². The summed E-state index contributed by atoms with van der Waals surface area (Å²) in [5, 5.41) is 2.78. The van der Waals surface area contributed by atoms with E-state index in [1.807, 2.05) is 0 Å². The lowest BCUT2D eigenvalue weighted by molar-refractivity contribution is 0.0587. The van der Waals surface area contributed by atoms with Gasteiger partial charge in [-0.2, -0.15) is 0 Å². The van der Waals surface area contributed by atoms with Crippen LogP contribution in [0.1, 0.15) is 10.6 Å². The van der Waals surface area contributed by atoms with E-state index in [-0.39, 0.29) is 18.1 Å². The summed E-state index contributed by atoms with van der Waals surface area (Å²) in [5.41, 5.74) is 0. The van der Waals surface area contributed by atoms with Crippen molar-refractivity contribution < 1.29 is 17.9 Å². The van der Waals surface area contributed by atoms with Crippen molar-refractivity contribution >= 4 is 21.6 Å². The highest BCUT2D eigenvalue weighted by atomic mass is 32.2. The van der Waals surface area contributed by atoms with Gasteiger partial charge in [0.2, 0.25) is 5.82 Å². The van der Waals surface area contributed by atoms with Crippen LogP contribution in [0.4, 0.5) is 5.82 Å². The molecule has 0 radical (unpaired) electrons. The largest absolute Gasteiger partial charge is 0.463 e. The fraction of sp³-hybridized carbons (Fsp3) is 0.444. The maximum absolute atomic E-state index is 11.1. The van der Waals surface area contributed by atoms with Crippen molar-refractivity contribution in [3.63, 3.8) is 0 Å². The summed E-state index contributed by atoms with van der Waals surface area (Å²) in [4.78, 5) is 18.7. The number of carbonyl (C=O) groups is 1. The first-order chi connectivity index (χ1) is 7.92. The zero-order valence-corrected chi connectivity index (χ0v) is 10.3. The van der Waals surface area contributed by atoms with Crippen molar-refractivity contribution in [3.8, 4) is 0 Å². The van der Waals surface area contributed by atoms with Gasteiger partial charge in [-0.25, -0.2) is 23.2 Å². The summed E-state index contributed by atoms with van der Waals surface area (Å²) < 4.78 is 26.3. The molecule has 1 rings (SSSR count). The van der Waals surface area contributed by atoms with Gasteiger partial charge in [-0.1, -0.05) is 0 Å². The van der Waals surface area contributed by atoms with E-state index in [4.69, 9.17) is 0 Å². The van der Waals surface area contributed by atoms with E-state index in [1.54, 1.807) is 0 Å². The van der Waals surface area contributed by atoms with Crippen LogP contribution >= 0.6 is 0 Å². The lowest BCUT2D eigenvalue weighted by Gasteiger charge is -2.05. The van der Waals surface area contributed by atoms with Gasteiger partial charge in [0.15, 0.2) is 0 Å². The number of hydrogen-bond donors (Lipinski definition) is 1. The van der Waals surface area contributed by atoms with E-state index in [0.717, 1.165) is 6.26 Å². The highest BCUT2D eigenvalue weighted by molar-refractivity contribution is 7.90. The topological polar surface area (TPSA) is 98.2 Å². The van der Waals surface area contributed by atoms with E-state index in [1.165, 1.54) is 19.4 Å². The third-order valence-electron chi connectivity index (χ3n) is 1.80. The lowest BCUT2D eigenvalue weighted by Crippen LogP contribution is -2.16. The number of carbonyl (C=O) groups excluding carboxylic acids is 1. The zero-order chi connectivity index (χ0) is 12.9. The minimum Gasteiger partial charge on any atom is -0.463 e. The summed E-state index contributed by atoms with van der Waals surface area (Å²) in [5.74, 6) is -0.345. The van der Waals surface area contributed by atoms with Crippen LogP contribution in [-0.4, -0.2) is 50.0 Å². The summed E-state index contributed by atoms with van der Waals surface area (Å²) in [6.45, 7) is 0.219. The van der Waals surface area contributed by atoms with Gasteiger partial charge in [0.1, 0.15) is 15.7 Å². The number of sulfone groups is 1. The summed E-state index contributed by atoms with van der Waals surface area (Å²) >= 11 is 0. The third kappa shape index (κ3) is 4.77. The third-order valence-corrected chi connectivity index (χ3v) is 2.75. The maximum atomic E-state index is 11.1. The number of ether oxygens (including phenoxy) is 1. The Morgan fingerprint density at radius 3 is 2.82 bits per heavy atom. The molecule has 1 heterocycles. The molecule has 0 unspecified atom stereocenters. The van der Waals surface area contributed by atoms with Crippen molar-refractivity contribution in [2.75, 3.05) is 31.0 Å². The summed E-state index contributed by atoms with van der Waals surface area (Å²) in [6, 6.07) is 1.54. The van der Waals surface area contributed by atoms with E-state index in [2.05, 4.69) is 20.0 Å². The Morgan fingerprint density at radius 1 is 1.53 bits per heavy atom. The number of esters is 1. The molecule has 1 N–H and O–H groups in total. The Balaban J connectivity index is 2.63. The van der Waals surface area contributed by atoms with E-state index < -0.39 is 15.8 Å². The van der Waals surface area contributed by atoms with Crippen LogP contribution in [0, 0.1) is 0 Å². The fourth-order valence-electron chi connectivity index (χ4n) is 1.01. The van der Waals surface area contributed by atoms with Gasteiger partial charge in [0.25, 0.3) is 0 Å². The van der Waals surface area contributed by atoms with Gasteiger partial charge >= 0.3 is 5.97 Å². The fourth-order valence-corrected chi connectivity index (χ4v) is 1.48. The number of rotatable bonds is 5. The van der Waals surface area contributed by atoms with Crippen molar-refractivity contribution in [3.05, 3.63) is 18.1 Å². The Bertz CT molecular complexity index is 501. The van der Waals surface area contributed by atoms with Crippen LogP contribution in [0.25, 0.3) is 0 Å². The number of hydrogen-bond acceptors (Lipinski definition) is 7. The first kappa shape index (κ1) is 13.4. The molecule has 1 aromatic heterocycles. The summed E-state index contributed by atoms with van der Waals surface area (Å²) in [6.07, 6.45) is 2.54. The first-order valence-corrected chi connectivity index (χ1v) is 6.81. The van der Waals surface area contributed by atoms with Crippen LogP contribution in [-0.2, 0) is 14.6 Å². The minimum absolute atomic E-state index is 0.00936. The molecule has 0 aliphatic carbocycles. The van der Waals surface area contributed by atoms with E-state index in [9.17, 15) is 13.2 Å². The summed E-state index contributed by atoms with van der Waals surface area (Å²) in [7, 11) is -1.79. The van der Waals surface area contributed by atoms with Gasteiger partial charge in [0.05, 0.1) is 12.9 Å². The van der Waals surface area contributed by atoms with Crippen molar-refractivity contribution in [2.45, 2.75) is 0 Å². The molecule has 0 aliphatic heterocycles. The Hall–Kier alpha value is -1.70. The number of nitrogens with one attached hydrogen (secondary N) is 1. The smallest absolute Gasteiger partial charge is 0.376 e. The number of nitrogens with zero attached hydrogens (tertiary/aromatic N) is 2. The average molecular weight is 259 g/mol. The second kappa shape index (κ2) is 5.58. The Morgan fingerprint density at radius 2 is 2.24 bits per heavy atom. The molecule has 0 aliphatic rings. The number of aromatic nitrogens is 2. The molecule has 0 atom stereocenters. The van der Waals surface area contributed by atoms with Gasteiger partial charge in [-0.15, -0.1) is 0 Å². The molecule has 7 nitrogen and oxygen atoms in total. The lowest BCUT2D eigenvalue weighted by atomic mass is 10.5. The Kier molecular flexibility index (Phi) is 4.38. The highest BCUT2D eigenvalue weighted by Gasteiger charge is 2.09. The van der Waals surface area contributed by atoms with Gasteiger partial charge in [-0.05, 0) is 6.07 Å². The molecular formula is C9H13N3O4S. The Labute approximate surface area is 99.1 Å². The molecule has 94 valence electrons. The molecule has 8 heteroatoms. The molecule has 0 saturated heterocycles. The van der Waals surface area contributed by atoms with Gasteiger partial charge < -0.3 is 10.1 Å². The second-order valence-corrected chi connectivity index (χ2v) is 5.57. The average Bonchev–Trinajstić information content (AvgIpc) is 2.27. The van der Waals surface area contributed by atoms with Crippen LogP contribution in [0.2, 0.25) is 0 Å². The molecule has 0 saturated carbocycles. The molecule has 17 heavy (non-hydrogen) atoms. The van der Waals surface area contributed by atoms with Crippen LogP contribution < -0.4 is 5.32 Å².